The summed E-state index contributed by atoms with van der Waals surface area (Å²) in [6.45, 7) is 2.84. The lowest BCUT2D eigenvalue weighted by Gasteiger charge is -2.04. The highest BCUT2D eigenvalue weighted by atomic mass is 127. The molecule has 5 heteroatoms. The Kier molecular flexibility index (Phi) is 4.11. The number of nitrogens with zero attached hydrogens (tertiary/aromatic N) is 2. The molecule has 0 aliphatic rings. The first kappa shape index (κ1) is 11.8. The molecule has 0 atom stereocenters. The Balaban J connectivity index is 2.22. The van der Waals surface area contributed by atoms with Crippen LogP contribution in [-0.4, -0.2) is 16.8 Å². The van der Waals surface area contributed by atoms with Gasteiger partial charge in [0.2, 0.25) is 0 Å². The number of ether oxygens (including phenoxy) is 1. The lowest BCUT2D eigenvalue weighted by Crippen LogP contribution is -1.94. The van der Waals surface area contributed by atoms with Crippen LogP contribution in [0.5, 0.6) is 5.75 Å². The van der Waals surface area contributed by atoms with Crippen LogP contribution >= 0.6 is 33.9 Å². The molecule has 0 fully saturated rings. The van der Waals surface area contributed by atoms with Gasteiger partial charge in [0.15, 0.2) is 3.01 Å². The molecule has 0 radical (unpaired) electrons. The Morgan fingerprint density at radius 2 is 2.25 bits per heavy atom. The van der Waals surface area contributed by atoms with Crippen molar-refractivity contribution in [1.29, 1.82) is 0 Å². The van der Waals surface area contributed by atoms with Crippen molar-refractivity contribution in [2.75, 3.05) is 6.61 Å². The second-order valence-electron chi connectivity index (χ2n) is 3.24. The molecule has 84 valence electrons. The van der Waals surface area contributed by atoms with E-state index in [4.69, 9.17) is 4.74 Å². The quantitative estimate of drug-likeness (QED) is 0.794. The minimum absolute atomic E-state index is 0.747. The van der Waals surface area contributed by atoms with Crippen molar-refractivity contribution in [2.45, 2.75) is 13.3 Å². The van der Waals surface area contributed by atoms with Crippen molar-refractivity contribution in [2.24, 2.45) is 0 Å². The third-order valence-electron chi connectivity index (χ3n) is 1.95. The van der Waals surface area contributed by atoms with Gasteiger partial charge in [-0.15, -0.1) is 10.2 Å². The van der Waals surface area contributed by atoms with Gasteiger partial charge in [0.1, 0.15) is 10.8 Å². The zero-order chi connectivity index (χ0) is 11.4. The van der Waals surface area contributed by atoms with Gasteiger partial charge in [-0.25, -0.2) is 0 Å². The van der Waals surface area contributed by atoms with Gasteiger partial charge in [-0.3, -0.25) is 0 Å². The molecule has 16 heavy (non-hydrogen) atoms. The van der Waals surface area contributed by atoms with Gasteiger partial charge in [0.25, 0.3) is 0 Å². The van der Waals surface area contributed by atoms with E-state index < -0.39 is 0 Å². The van der Waals surface area contributed by atoms with E-state index in [1.54, 1.807) is 11.3 Å². The van der Waals surface area contributed by atoms with Crippen LogP contribution in [0.2, 0.25) is 0 Å². The molecule has 2 aromatic rings. The van der Waals surface area contributed by atoms with E-state index in [0.717, 1.165) is 32.4 Å². The standard InChI is InChI=1S/C11H11IN2OS/c1-2-6-15-9-5-3-4-8(7-9)10-13-14-11(12)16-10/h3-5,7H,2,6H2,1H3. The van der Waals surface area contributed by atoms with Gasteiger partial charge in [-0.1, -0.05) is 30.4 Å². The Labute approximate surface area is 112 Å². The summed E-state index contributed by atoms with van der Waals surface area (Å²) in [5.41, 5.74) is 1.06. The van der Waals surface area contributed by atoms with Gasteiger partial charge >= 0.3 is 0 Å². The smallest absolute Gasteiger partial charge is 0.178 e. The molecule has 2 rings (SSSR count). The van der Waals surface area contributed by atoms with E-state index in [1.807, 2.05) is 24.3 Å². The van der Waals surface area contributed by atoms with Crippen LogP contribution in [0.15, 0.2) is 24.3 Å². The molecule has 0 aliphatic carbocycles. The fourth-order valence-corrected chi connectivity index (χ4v) is 2.56. The van der Waals surface area contributed by atoms with Crippen LogP contribution in [0.1, 0.15) is 13.3 Å². The Hall–Kier alpha value is -0.690. The van der Waals surface area contributed by atoms with Gasteiger partial charge < -0.3 is 4.74 Å². The second kappa shape index (κ2) is 5.58. The molecule has 0 amide bonds. The monoisotopic (exact) mass is 346 g/mol. The van der Waals surface area contributed by atoms with E-state index in [2.05, 4.69) is 39.7 Å². The first-order valence-corrected chi connectivity index (χ1v) is 6.91. The SMILES string of the molecule is CCCOc1cccc(-c2nnc(I)s2)c1. The molecule has 0 saturated carbocycles. The average Bonchev–Trinajstić information content (AvgIpc) is 2.74. The lowest BCUT2D eigenvalue weighted by molar-refractivity contribution is 0.317. The number of benzene rings is 1. The third-order valence-corrected chi connectivity index (χ3v) is 3.59. The van der Waals surface area contributed by atoms with Crippen LogP contribution in [0.25, 0.3) is 10.6 Å². The summed E-state index contributed by atoms with van der Waals surface area (Å²) in [6, 6.07) is 7.97. The largest absolute Gasteiger partial charge is 0.494 e. The molecule has 0 spiro atoms. The molecule has 0 N–H and O–H groups in total. The lowest BCUT2D eigenvalue weighted by atomic mass is 10.2. The number of hydrogen-bond donors (Lipinski definition) is 0. The molecular weight excluding hydrogens is 335 g/mol. The first-order valence-electron chi connectivity index (χ1n) is 5.02. The van der Waals surface area contributed by atoms with Gasteiger partial charge in [-0.05, 0) is 41.1 Å². The summed E-state index contributed by atoms with van der Waals surface area (Å²) in [5.74, 6) is 0.893. The van der Waals surface area contributed by atoms with Gasteiger partial charge in [0, 0.05) is 5.56 Å². The van der Waals surface area contributed by atoms with Crippen molar-refractivity contribution in [3.63, 3.8) is 0 Å². The van der Waals surface area contributed by atoms with Crippen molar-refractivity contribution in [1.82, 2.24) is 10.2 Å². The molecule has 0 bridgehead atoms. The molecule has 1 aromatic heterocycles. The van der Waals surface area contributed by atoms with Crippen molar-refractivity contribution in [3.8, 4) is 16.3 Å². The van der Waals surface area contributed by atoms with E-state index in [0.29, 0.717) is 0 Å². The van der Waals surface area contributed by atoms with Crippen LogP contribution in [0.4, 0.5) is 0 Å². The summed E-state index contributed by atoms with van der Waals surface area (Å²) in [6.07, 6.45) is 1.01. The summed E-state index contributed by atoms with van der Waals surface area (Å²) < 4.78 is 6.53. The molecule has 0 aliphatic heterocycles. The van der Waals surface area contributed by atoms with Crippen LogP contribution in [-0.2, 0) is 0 Å². The molecule has 1 aromatic carbocycles. The first-order chi connectivity index (χ1) is 7.79. The zero-order valence-corrected chi connectivity index (χ0v) is 11.8. The maximum Gasteiger partial charge on any atom is 0.178 e. The molecule has 3 nitrogen and oxygen atoms in total. The molecule has 1 heterocycles. The normalized spacial score (nSPS) is 10.4. The van der Waals surface area contributed by atoms with E-state index in [-0.39, 0.29) is 0 Å². The highest BCUT2D eigenvalue weighted by Crippen LogP contribution is 2.27. The van der Waals surface area contributed by atoms with Crippen LogP contribution in [0, 0.1) is 3.01 Å². The van der Waals surface area contributed by atoms with E-state index >= 15 is 0 Å². The minimum atomic E-state index is 0.747. The summed E-state index contributed by atoms with van der Waals surface area (Å²) in [7, 11) is 0. The summed E-state index contributed by atoms with van der Waals surface area (Å²) >= 11 is 3.75. The number of aromatic nitrogens is 2. The average molecular weight is 346 g/mol. The van der Waals surface area contributed by atoms with Crippen LogP contribution < -0.4 is 4.74 Å². The Bertz CT molecular complexity index is 473. The number of hydrogen-bond acceptors (Lipinski definition) is 4. The molecule has 0 saturated heterocycles. The fraction of sp³-hybridized carbons (Fsp3) is 0.273. The highest BCUT2D eigenvalue weighted by molar-refractivity contribution is 14.1. The summed E-state index contributed by atoms with van der Waals surface area (Å²) in [4.78, 5) is 0. The molecular formula is C11H11IN2OS. The third kappa shape index (κ3) is 2.91. The fourth-order valence-electron chi connectivity index (χ4n) is 1.26. The topological polar surface area (TPSA) is 35.0 Å². The molecule has 0 unspecified atom stereocenters. The predicted octanol–water partition coefficient (Wildman–Crippen LogP) is 3.60. The highest BCUT2D eigenvalue weighted by Gasteiger charge is 2.05. The number of rotatable bonds is 4. The second-order valence-corrected chi connectivity index (χ2v) is 5.97. The van der Waals surface area contributed by atoms with Gasteiger partial charge in [0.05, 0.1) is 6.61 Å². The Morgan fingerprint density at radius 1 is 1.38 bits per heavy atom. The van der Waals surface area contributed by atoms with E-state index in [1.165, 1.54) is 0 Å². The van der Waals surface area contributed by atoms with Crippen LogP contribution in [0.3, 0.4) is 0 Å². The van der Waals surface area contributed by atoms with Crippen molar-refractivity contribution in [3.05, 3.63) is 27.3 Å². The number of halogens is 1. The maximum absolute atomic E-state index is 5.58. The van der Waals surface area contributed by atoms with Gasteiger partial charge in [-0.2, -0.15) is 0 Å². The van der Waals surface area contributed by atoms with E-state index in [9.17, 15) is 0 Å². The van der Waals surface area contributed by atoms with Crippen molar-refractivity contribution >= 4 is 33.9 Å². The Morgan fingerprint density at radius 3 is 2.94 bits per heavy atom. The summed E-state index contributed by atoms with van der Waals surface area (Å²) in [5, 5.41) is 9.05. The van der Waals surface area contributed by atoms with Crippen molar-refractivity contribution < 1.29 is 4.74 Å². The zero-order valence-electron chi connectivity index (χ0n) is 8.81. The minimum Gasteiger partial charge on any atom is -0.494 e. The maximum atomic E-state index is 5.58. The predicted molar refractivity (Wildman–Crippen MR) is 73.8 cm³/mol.